The van der Waals surface area contributed by atoms with E-state index in [0.29, 0.717) is 5.11 Å². The first-order valence-corrected chi connectivity index (χ1v) is 9.38. The van der Waals surface area contributed by atoms with Crippen LogP contribution < -0.4 is 15.4 Å². The smallest absolute Gasteiger partial charge is 0.171 e. The van der Waals surface area contributed by atoms with E-state index < -0.39 is 0 Å². The Morgan fingerprint density at radius 3 is 2.48 bits per heavy atom. The van der Waals surface area contributed by atoms with Crippen molar-refractivity contribution in [3.05, 3.63) is 59.7 Å². The summed E-state index contributed by atoms with van der Waals surface area (Å²) in [5, 5.41) is 7.44. The molecule has 132 valence electrons. The number of anilines is 1. The van der Waals surface area contributed by atoms with E-state index in [0.717, 1.165) is 30.7 Å². The maximum absolute atomic E-state index is 6.36. The van der Waals surface area contributed by atoms with E-state index in [2.05, 4.69) is 61.7 Å². The minimum absolute atomic E-state index is 0.133. The van der Waals surface area contributed by atoms with Gasteiger partial charge in [0.2, 0.25) is 0 Å². The van der Waals surface area contributed by atoms with Crippen LogP contribution in [0.2, 0.25) is 0 Å². The highest BCUT2D eigenvalue weighted by Gasteiger charge is 2.38. The van der Waals surface area contributed by atoms with Gasteiger partial charge in [0.25, 0.3) is 0 Å². The molecule has 2 N–H and O–H groups in total. The van der Waals surface area contributed by atoms with Gasteiger partial charge in [-0.1, -0.05) is 49.7 Å². The van der Waals surface area contributed by atoms with Crippen LogP contribution in [0, 0.1) is 6.92 Å². The zero-order valence-corrected chi connectivity index (χ0v) is 16.0. The molecule has 0 fully saturated rings. The molecule has 1 aliphatic rings. The number of aryl methyl sites for hydroxylation is 1. The van der Waals surface area contributed by atoms with E-state index in [1.807, 2.05) is 18.2 Å². The van der Waals surface area contributed by atoms with Crippen molar-refractivity contribution in [2.45, 2.75) is 51.7 Å². The normalized spacial score (nSPS) is 18.0. The summed E-state index contributed by atoms with van der Waals surface area (Å²) in [7, 11) is 0. The van der Waals surface area contributed by atoms with Crippen LogP contribution in [0.25, 0.3) is 0 Å². The maximum Gasteiger partial charge on any atom is 0.171 e. The third-order valence-electron chi connectivity index (χ3n) is 5.10. The molecule has 0 bridgehead atoms. The number of fused-ring (bicyclic) bond motifs is 1. The summed E-state index contributed by atoms with van der Waals surface area (Å²) in [6.45, 7) is 6.46. The number of benzene rings is 2. The van der Waals surface area contributed by atoms with Gasteiger partial charge in [-0.2, -0.15) is 0 Å². The summed E-state index contributed by atoms with van der Waals surface area (Å²) < 4.78 is 6.36. The molecule has 0 radical (unpaired) electrons. The molecule has 0 saturated heterocycles. The van der Waals surface area contributed by atoms with Gasteiger partial charge in [0.15, 0.2) is 5.11 Å². The van der Waals surface area contributed by atoms with Crippen molar-refractivity contribution in [3.63, 3.8) is 0 Å². The first kappa shape index (κ1) is 17.7. The zero-order valence-electron chi connectivity index (χ0n) is 15.1. The highest BCUT2D eigenvalue weighted by atomic mass is 32.1. The summed E-state index contributed by atoms with van der Waals surface area (Å²) >= 11 is 5.56. The Morgan fingerprint density at radius 1 is 1.12 bits per heavy atom. The molecule has 0 saturated carbocycles. The Labute approximate surface area is 155 Å². The minimum atomic E-state index is -0.133. The number of hydrogen-bond donors (Lipinski definition) is 2. The fourth-order valence-electron chi connectivity index (χ4n) is 3.39. The molecule has 1 atom stereocenters. The molecule has 0 aromatic heterocycles. The molecular formula is C21H26N2OS. The fourth-order valence-corrected chi connectivity index (χ4v) is 3.65. The molecule has 0 aliphatic carbocycles. The van der Waals surface area contributed by atoms with Gasteiger partial charge in [-0.3, -0.25) is 0 Å². The Morgan fingerprint density at radius 2 is 1.80 bits per heavy atom. The summed E-state index contributed by atoms with van der Waals surface area (Å²) in [4.78, 5) is 0. The molecule has 3 rings (SSSR count). The van der Waals surface area contributed by atoms with Crippen molar-refractivity contribution >= 4 is 23.0 Å². The standard InChI is InChI=1S/C21H26N2OS/c1-4-21(5-2)14-18(17-8-6-7-9-19(17)24-21)23-20(25)22-16-12-10-15(3)11-13-16/h6-13,18H,4-5,14H2,1-3H3,(H2,22,23,25)/t18-/m0/s1. The Kier molecular flexibility index (Phi) is 5.28. The molecule has 1 heterocycles. The van der Waals surface area contributed by atoms with Gasteiger partial charge >= 0.3 is 0 Å². The van der Waals surface area contributed by atoms with E-state index in [1.165, 1.54) is 11.1 Å². The molecular weight excluding hydrogens is 328 g/mol. The number of thiocarbonyl (C=S) groups is 1. The van der Waals surface area contributed by atoms with Gasteiger partial charge in [-0.25, -0.2) is 0 Å². The van der Waals surface area contributed by atoms with Crippen molar-refractivity contribution in [2.24, 2.45) is 0 Å². The number of rotatable bonds is 4. The lowest BCUT2D eigenvalue weighted by Crippen LogP contribution is -2.45. The monoisotopic (exact) mass is 354 g/mol. The summed E-state index contributed by atoms with van der Waals surface area (Å²) in [5.41, 5.74) is 3.28. The predicted octanol–water partition coefficient (Wildman–Crippen LogP) is 5.36. The number of para-hydroxylation sites is 1. The van der Waals surface area contributed by atoms with Crippen LogP contribution in [-0.4, -0.2) is 10.7 Å². The lowest BCUT2D eigenvalue weighted by Gasteiger charge is -2.42. The van der Waals surface area contributed by atoms with Crippen molar-refractivity contribution < 1.29 is 4.74 Å². The van der Waals surface area contributed by atoms with E-state index in [-0.39, 0.29) is 11.6 Å². The largest absolute Gasteiger partial charge is 0.487 e. The van der Waals surface area contributed by atoms with Crippen LogP contribution in [0.3, 0.4) is 0 Å². The lowest BCUT2D eigenvalue weighted by molar-refractivity contribution is 0.0256. The van der Waals surface area contributed by atoms with E-state index >= 15 is 0 Å². The first-order chi connectivity index (χ1) is 12.0. The van der Waals surface area contributed by atoms with Crippen molar-refractivity contribution in [2.75, 3.05) is 5.32 Å². The van der Waals surface area contributed by atoms with Gasteiger partial charge in [-0.15, -0.1) is 0 Å². The Hall–Kier alpha value is -2.07. The Bertz CT molecular complexity index is 738. The van der Waals surface area contributed by atoms with E-state index in [9.17, 15) is 0 Å². The molecule has 0 unspecified atom stereocenters. The molecule has 3 nitrogen and oxygen atoms in total. The molecule has 2 aromatic rings. The number of nitrogens with one attached hydrogen (secondary N) is 2. The highest BCUT2D eigenvalue weighted by molar-refractivity contribution is 7.80. The topological polar surface area (TPSA) is 33.3 Å². The van der Waals surface area contributed by atoms with Crippen molar-refractivity contribution in [1.82, 2.24) is 5.32 Å². The summed E-state index contributed by atoms with van der Waals surface area (Å²) in [6.07, 6.45) is 2.87. The van der Waals surface area contributed by atoms with Crippen molar-refractivity contribution in [3.8, 4) is 5.75 Å². The van der Waals surface area contributed by atoms with Crippen molar-refractivity contribution in [1.29, 1.82) is 0 Å². The third-order valence-corrected chi connectivity index (χ3v) is 5.32. The van der Waals surface area contributed by atoms with Crippen LogP contribution >= 0.6 is 12.2 Å². The fraction of sp³-hybridized carbons (Fsp3) is 0.381. The molecule has 25 heavy (non-hydrogen) atoms. The summed E-state index contributed by atoms with van der Waals surface area (Å²) in [5.74, 6) is 0.966. The van der Waals surface area contributed by atoms with E-state index in [4.69, 9.17) is 17.0 Å². The van der Waals surface area contributed by atoms with E-state index in [1.54, 1.807) is 0 Å². The average Bonchev–Trinajstić information content (AvgIpc) is 2.63. The second-order valence-electron chi connectivity index (χ2n) is 6.75. The Balaban J connectivity index is 1.78. The van der Waals surface area contributed by atoms with Gasteiger partial charge < -0.3 is 15.4 Å². The quantitative estimate of drug-likeness (QED) is 0.724. The second kappa shape index (κ2) is 7.44. The van der Waals surface area contributed by atoms with Crippen LogP contribution in [0.1, 0.15) is 50.3 Å². The van der Waals surface area contributed by atoms with Gasteiger partial charge in [-0.05, 0) is 50.2 Å². The predicted molar refractivity (Wildman–Crippen MR) is 108 cm³/mol. The SMILES string of the molecule is CCC1(CC)C[C@H](NC(=S)Nc2ccc(C)cc2)c2ccccc2O1. The average molecular weight is 355 g/mol. The van der Waals surface area contributed by atoms with Gasteiger partial charge in [0.05, 0.1) is 6.04 Å². The maximum atomic E-state index is 6.36. The third kappa shape index (κ3) is 3.96. The second-order valence-corrected chi connectivity index (χ2v) is 7.16. The minimum Gasteiger partial charge on any atom is -0.487 e. The molecule has 1 aliphatic heterocycles. The van der Waals surface area contributed by atoms with Crippen LogP contribution in [0.5, 0.6) is 5.75 Å². The molecule has 0 amide bonds. The number of hydrogen-bond acceptors (Lipinski definition) is 2. The van der Waals surface area contributed by atoms with Gasteiger partial charge in [0, 0.05) is 17.7 Å². The molecule has 4 heteroatoms. The molecule has 2 aromatic carbocycles. The van der Waals surface area contributed by atoms with Gasteiger partial charge in [0.1, 0.15) is 11.4 Å². The first-order valence-electron chi connectivity index (χ1n) is 8.97. The number of ether oxygens (including phenoxy) is 1. The lowest BCUT2D eigenvalue weighted by atomic mass is 9.83. The summed E-state index contributed by atoms with van der Waals surface area (Å²) in [6, 6.07) is 16.7. The highest BCUT2D eigenvalue weighted by Crippen LogP contribution is 2.42. The zero-order chi connectivity index (χ0) is 17.9. The van der Waals surface area contributed by atoms with Crippen LogP contribution in [0.15, 0.2) is 48.5 Å². The molecule has 0 spiro atoms. The van der Waals surface area contributed by atoms with Crippen LogP contribution in [0.4, 0.5) is 5.69 Å². The van der Waals surface area contributed by atoms with Crippen LogP contribution in [-0.2, 0) is 0 Å².